The molecule has 0 radical (unpaired) electrons. The Morgan fingerprint density at radius 1 is 1.40 bits per heavy atom. The van der Waals surface area contributed by atoms with Crippen LogP contribution in [0.1, 0.15) is 33.1 Å². The average Bonchev–Trinajstić information content (AvgIpc) is 2.97. The minimum absolute atomic E-state index is 0.172. The Morgan fingerprint density at radius 2 is 2.10 bits per heavy atom. The van der Waals surface area contributed by atoms with Gasteiger partial charge in [-0.05, 0) is 31.4 Å². The Hall–Kier alpha value is -2.71. The van der Waals surface area contributed by atoms with E-state index < -0.39 is 48.7 Å². The molecule has 1 heterocycles. The fourth-order valence-electron chi connectivity index (χ4n) is 3.42. The largest absolute Gasteiger partial charge is 0.463 e. The second-order valence-electron chi connectivity index (χ2n) is 7.48. The molecule has 2 rings (SSSR count). The lowest BCUT2D eigenvalue weighted by Crippen LogP contribution is -2.35. The third kappa shape index (κ3) is 5.90. The molecular formula is C22H28O8. The number of hydrogen-bond donors (Lipinski definition) is 2. The molecule has 0 spiro atoms. The molecule has 1 aliphatic heterocycles. The van der Waals surface area contributed by atoms with Crippen molar-refractivity contribution < 1.29 is 38.8 Å². The zero-order valence-corrected chi connectivity index (χ0v) is 17.3. The van der Waals surface area contributed by atoms with Crippen LogP contribution in [0.4, 0.5) is 0 Å². The van der Waals surface area contributed by atoms with Gasteiger partial charge in [0.05, 0.1) is 18.1 Å². The smallest absolute Gasteiger partial charge is 0.336 e. The van der Waals surface area contributed by atoms with Gasteiger partial charge in [0.2, 0.25) is 0 Å². The first-order valence-corrected chi connectivity index (χ1v) is 9.71. The number of carbonyl (C=O) groups is 3. The van der Waals surface area contributed by atoms with E-state index in [1.165, 1.54) is 6.92 Å². The summed E-state index contributed by atoms with van der Waals surface area (Å²) in [4.78, 5) is 35.7. The molecule has 0 amide bonds. The zero-order chi connectivity index (χ0) is 22.4. The van der Waals surface area contributed by atoms with Gasteiger partial charge in [-0.3, -0.25) is 4.79 Å². The van der Waals surface area contributed by atoms with Crippen LogP contribution in [0.5, 0.6) is 0 Å². The van der Waals surface area contributed by atoms with E-state index in [2.05, 4.69) is 13.2 Å². The Labute approximate surface area is 175 Å². The van der Waals surface area contributed by atoms with Gasteiger partial charge < -0.3 is 24.4 Å². The summed E-state index contributed by atoms with van der Waals surface area (Å²) < 4.78 is 15.7. The number of carbonyl (C=O) groups excluding carboxylic acids is 3. The molecule has 0 aromatic rings. The lowest BCUT2D eigenvalue weighted by atomic mass is 9.85. The number of aliphatic hydroxyl groups excluding tert-OH is 2. The van der Waals surface area contributed by atoms with Crippen LogP contribution in [-0.2, 0) is 28.6 Å². The number of hydrogen-bond acceptors (Lipinski definition) is 8. The van der Waals surface area contributed by atoms with Crippen LogP contribution in [0.25, 0.3) is 0 Å². The SMILES string of the molecule is C=C1C(=O)O[C@@H]2/C=C(\CO)CC/C=C(\C)C[C@H](OC(=O)C(=C)[C@H](O)COC(C)=O)[C@@H]12. The molecule has 0 saturated carbocycles. The normalized spacial score (nSPS) is 28.7. The van der Waals surface area contributed by atoms with E-state index in [-0.39, 0.29) is 17.8 Å². The first-order valence-electron chi connectivity index (χ1n) is 9.71. The second kappa shape index (κ2) is 10.4. The fraction of sp³-hybridized carbons (Fsp3) is 0.500. The van der Waals surface area contributed by atoms with Gasteiger partial charge in [0.25, 0.3) is 0 Å². The van der Waals surface area contributed by atoms with Crippen molar-refractivity contribution in [2.45, 2.75) is 51.4 Å². The molecule has 1 saturated heterocycles. The van der Waals surface area contributed by atoms with Crippen LogP contribution in [0.15, 0.2) is 47.6 Å². The molecule has 4 atom stereocenters. The van der Waals surface area contributed by atoms with E-state index in [9.17, 15) is 24.6 Å². The highest BCUT2D eigenvalue weighted by molar-refractivity contribution is 5.92. The van der Waals surface area contributed by atoms with E-state index >= 15 is 0 Å². The topological polar surface area (TPSA) is 119 Å². The van der Waals surface area contributed by atoms with Gasteiger partial charge in [-0.1, -0.05) is 24.8 Å². The molecule has 0 unspecified atom stereocenters. The molecule has 0 aromatic carbocycles. The molecule has 2 N–H and O–H groups in total. The van der Waals surface area contributed by atoms with Gasteiger partial charge >= 0.3 is 17.9 Å². The lowest BCUT2D eigenvalue weighted by Gasteiger charge is -2.28. The second-order valence-corrected chi connectivity index (χ2v) is 7.48. The van der Waals surface area contributed by atoms with E-state index in [4.69, 9.17) is 14.2 Å². The Balaban J connectivity index is 2.26. The molecule has 8 nitrogen and oxygen atoms in total. The Morgan fingerprint density at radius 3 is 2.73 bits per heavy atom. The molecule has 1 fully saturated rings. The number of rotatable bonds is 6. The summed E-state index contributed by atoms with van der Waals surface area (Å²) in [5.41, 5.74) is 1.55. The predicted octanol–water partition coefficient (Wildman–Crippen LogP) is 1.53. The van der Waals surface area contributed by atoms with Crippen LogP contribution in [-0.4, -0.2) is 59.6 Å². The third-order valence-corrected chi connectivity index (χ3v) is 5.11. The Kier molecular flexibility index (Phi) is 8.14. The van der Waals surface area contributed by atoms with Crippen LogP contribution in [0.2, 0.25) is 0 Å². The highest BCUT2D eigenvalue weighted by atomic mass is 16.6. The standard InChI is InChI=1S/C22H28O8/c1-12-6-5-7-16(10-23)9-19-20(14(3)22(27)30-19)18(8-12)29-21(26)13(2)17(25)11-28-15(4)24/h6,9,17-20,23,25H,2-3,5,7-8,10-11H2,1,4H3/b12-6+,16-9-/t17-,18+,19-,20-/m1/s1. The van der Waals surface area contributed by atoms with Crippen molar-refractivity contribution in [3.05, 3.63) is 47.6 Å². The molecule has 1 aliphatic carbocycles. The minimum atomic E-state index is -1.42. The summed E-state index contributed by atoms with van der Waals surface area (Å²) >= 11 is 0. The van der Waals surface area contributed by atoms with E-state index in [1.807, 2.05) is 13.0 Å². The number of fused-ring (bicyclic) bond motifs is 1. The quantitative estimate of drug-likeness (QED) is 0.287. The summed E-state index contributed by atoms with van der Waals surface area (Å²) in [7, 11) is 0. The molecule has 2 aliphatic rings. The fourth-order valence-corrected chi connectivity index (χ4v) is 3.42. The van der Waals surface area contributed by atoms with Gasteiger partial charge in [-0.2, -0.15) is 0 Å². The van der Waals surface area contributed by atoms with Crippen molar-refractivity contribution in [3.8, 4) is 0 Å². The van der Waals surface area contributed by atoms with Crippen LogP contribution < -0.4 is 0 Å². The first kappa shape index (κ1) is 23.6. The van der Waals surface area contributed by atoms with Crippen molar-refractivity contribution in [2.24, 2.45) is 5.92 Å². The first-order chi connectivity index (χ1) is 14.1. The van der Waals surface area contributed by atoms with Gasteiger partial charge in [0.15, 0.2) is 0 Å². The third-order valence-electron chi connectivity index (χ3n) is 5.11. The monoisotopic (exact) mass is 420 g/mol. The molecular weight excluding hydrogens is 392 g/mol. The molecule has 0 bridgehead atoms. The van der Waals surface area contributed by atoms with E-state index in [1.54, 1.807) is 6.08 Å². The highest BCUT2D eigenvalue weighted by Gasteiger charge is 2.44. The maximum atomic E-state index is 12.6. The molecule has 164 valence electrons. The van der Waals surface area contributed by atoms with Crippen LogP contribution in [0.3, 0.4) is 0 Å². The number of allylic oxidation sites excluding steroid dienone is 1. The van der Waals surface area contributed by atoms with Crippen LogP contribution in [0, 0.1) is 5.92 Å². The lowest BCUT2D eigenvalue weighted by molar-refractivity contribution is -0.151. The van der Waals surface area contributed by atoms with Crippen molar-refractivity contribution in [1.82, 2.24) is 0 Å². The van der Waals surface area contributed by atoms with E-state index in [0.717, 1.165) is 5.57 Å². The molecule has 30 heavy (non-hydrogen) atoms. The van der Waals surface area contributed by atoms with E-state index in [0.29, 0.717) is 24.8 Å². The van der Waals surface area contributed by atoms with Crippen LogP contribution >= 0.6 is 0 Å². The summed E-state index contributed by atoms with van der Waals surface area (Å²) in [6.45, 7) is 9.81. The maximum Gasteiger partial charge on any atom is 0.336 e. The highest BCUT2D eigenvalue weighted by Crippen LogP contribution is 2.36. The number of esters is 3. The van der Waals surface area contributed by atoms with Gasteiger partial charge in [0, 0.05) is 18.9 Å². The minimum Gasteiger partial charge on any atom is -0.463 e. The summed E-state index contributed by atoms with van der Waals surface area (Å²) in [5, 5.41) is 19.6. The summed E-state index contributed by atoms with van der Waals surface area (Å²) in [6, 6.07) is 0. The van der Waals surface area contributed by atoms with Gasteiger partial charge in [0.1, 0.15) is 24.9 Å². The zero-order valence-electron chi connectivity index (χ0n) is 17.3. The average molecular weight is 420 g/mol. The molecule has 8 heteroatoms. The maximum absolute atomic E-state index is 12.6. The predicted molar refractivity (Wildman–Crippen MR) is 107 cm³/mol. The molecule has 0 aromatic heterocycles. The number of aliphatic hydroxyl groups is 2. The van der Waals surface area contributed by atoms with Gasteiger partial charge in [-0.15, -0.1) is 0 Å². The van der Waals surface area contributed by atoms with Crippen molar-refractivity contribution in [2.75, 3.05) is 13.2 Å². The van der Waals surface area contributed by atoms with Crippen molar-refractivity contribution in [3.63, 3.8) is 0 Å². The Bertz CT molecular complexity index is 791. The number of ether oxygens (including phenoxy) is 3. The summed E-state index contributed by atoms with van der Waals surface area (Å²) in [5.74, 6) is -2.71. The summed E-state index contributed by atoms with van der Waals surface area (Å²) in [6.07, 6.45) is 2.34. The van der Waals surface area contributed by atoms with Gasteiger partial charge in [-0.25, -0.2) is 9.59 Å². The van der Waals surface area contributed by atoms with Crippen molar-refractivity contribution >= 4 is 17.9 Å². The van der Waals surface area contributed by atoms with Crippen molar-refractivity contribution in [1.29, 1.82) is 0 Å².